The Labute approximate surface area is 101 Å². The van der Waals surface area contributed by atoms with E-state index in [4.69, 9.17) is 0 Å². The lowest BCUT2D eigenvalue weighted by Gasteiger charge is -2.18. The molecule has 1 N–H and O–H groups in total. The number of hydrogen-bond acceptors (Lipinski definition) is 2. The van der Waals surface area contributed by atoms with Crippen LogP contribution in [0.2, 0.25) is 0 Å². The van der Waals surface area contributed by atoms with Crippen LogP contribution in [0.3, 0.4) is 0 Å². The molecule has 0 aliphatic carbocycles. The summed E-state index contributed by atoms with van der Waals surface area (Å²) in [5.74, 6) is 0.813. The maximum absolute atomic E-state index is 9.89. The number of aromatic nitrogens is 2. The minimum Gasteiger partial charge on any atom is -0.385 e. The van der Waals surface area contributed by atoms with Crippen molar-refractivity contribution in [3.05, 3.63) is 41.9 Å². The molecule has 0 saturated carbocycles. The smallest absolute Gasteiger partial charge is 0.138 e. The first kappa shape index (κ1) is 10.5. The second kappa shape index (κ2) is 4.00. The first-order valence-electron chi connectivity index (χ1n) is 6.06. The first-order valence-corrected chi connectivity index (χ1v) is 6.06. The molecule has 1 unspecified atom stereocenters. The molecule has 2 aromatic rings. The lowest BCUT2D eigenvalue weighted by molar-refractivity contribution is 0.134. The molecule has 0 fully saturated rings. The standard InChI is InChI=1S/C14H16N2O/c1-10-4-2-5-11(8-10)12-9-16-7-3-6-13(17)14(16)15-12/h2,4-5,8-9,13,17H,3,6-7H2,1H3. The fraction of sp³-hybridized carbons (Fsp3) is 0.357. The maximum atomic E-state index is 9.89. The lowest BCUT2D eigenvalue weighted by Crippen LogP contribution is -2.14. The van der Waals surface area contributed by atoms with Crippen molar-refractivity contribution in [3.8, 4) is 11.3 Å². The van der Waals surface area contributed by atoms with Crippen molar-refractivity contribution in [2.24, 2.45) is 0 Å². The molecule has 88 valence electrons. The van der Waals surface area contributed by atoms with Gasteiger partial charge < -0.3 is 9.67 Å². The number of benzene rings is 1. The zero-order valence-corrected chi connectivity index (χ0v) is 9.93. The first-order chi connectivity index (χ1) is 8.24. The highest BCUT2D eigenvalue weighted by Gasteiger charge is 2.20. The van der Waals surface area contributed by atoms with Crippen molar-refractivity contribution in [1.29, 1.82) is 0 Å². The Morgan fingerprint density at radius 3 is 3.06 bits per heavy atom. The number of imidazole rings is 1. The maximum Gasteiger partial charge on any atom is 0.138 e. The SMILES string of the molecule is Cc1cccc(-c2cn3c(n2)C(O)CCC3)c1. The van der Waals surface area contributed by atoms with Gasteiger partial charge in [-0.05, 0) is 25.8 Å². The van der Waals surface area contributed by atoms with Gasteiger partial charge in [0.2, 0.25) is 0 Å². The van der Waals surface area contributed by atoms with Crippen molar-refractivity contribution in [3.63, 3.8) is 0 Å². The van der Waals surface area contributed by atoms with Crippen LogP contribution in [0, 0.1) is 6.92 Å². The van der Waals surface area contributed by atoms with E-state index in [1.807, 2.05) is 12.3 Å². The number of aryl methyl sites for hydroxylation is 2. The summed E-state index contributed by atoms with van der Waals surface area (Å²) in [6, 6.07) is 8.31. The number of aliphatic hydroxyl groups is 1. The van der Waals surface area contributed by atoms with Crippen LogP contribution in [-0.2, 0) is 6.54 Å². The van der Waals surface area contributed by atoms with Crippen molar-refractivity contribution in [2.45, 2.75) is 32.4 Å². The summed E-state index contributed by atoms with van der Waals surface area (Å²) in [5.41, 5.74) is 3.32. The quantitative estimate of drug-likeness (QED) is 0.815. The van der Waals surface area contributed by atoms with Gasteiger partial charge in [-0.15, -0.1) is 0 Å². The summed E-state index contributed by atoms with van der Waals surface area (Å²) < 4.78 is 2.08. The molecule has 2 heterocycles. The number of fused-ring (bicyclic) bond motifs is 1. The van der Waals surface area contributed by atoms with Crippen LogP contribution in [0.1, 0.15) is 30.3 Å². The molecule has 0 saturated heterocycles. The van der Waals surface area contributed by atoms with E-state index in [9.17, 15) is 5.11 Å². The van der Waals surface area contributed by atoms with Crippen LogP contribution in [0.25, 0.3) is 11.3 Å². The Morgan fingerprint density at radius 1 is 1.41 bits per heavy atom. The largest absolute Gasteiger partial charge is 0.385 e. The van der Waals surface area contributed by atoms with Gasteiger partial charge in [0.15, 0.2) is 0 Å². The topological polar surface area (TPSA) is 38.0 Å². The predicted octanol–water partition coefficient (Wildman–Crippen LogP) is 2.69. The van der Waals surface area contributed by atoms with E-state index in [1.165, 1.54) is 5.56 Å². The Balaban J connectivity index is 2.05. The molecule has 1 atom stereocenters. The van der Waals surface area contributed by atoms with Crippen LogP contribution in [0.15, 0.2) is 30.5 Å². The Kier molecular flexibility index (Phi) is 2.48. The monoisotopic (exact) mass is 228 g/mol. The summed E-state index contributed by atoms with van der Waals surface area (Å²) >= 11 is 0. The zero-order chi connectivity index (χ0) is 11.8. The molecule has 0 bridgehead atoms. The van der Waals surface area contributed by atoms with Crippen molar-refractivity contribution in [2.75, 3.05) is 0 Å². The molecule has 17 heavy (non-hydrogen) atoms. The molecule has 0 radical (unpaired) electrons. The minimum absolute atomic E-state index is 0.401. The van der Waals surface area contributed by atoms with Gasteiger partial charge in [0.1, 0.15) is 11.9 Å². The highest BCUT2D eigenvalue weighted by atomic mass is 16.3. The minimum atomic E-state index is -0.401. The molecule has 1 aromatic carbocycles. The van der Waals surface area contributed by atoms with Crippen LogP contribution >= 0.6 is 0 Å². The van der Waals surface area contributed by atoms with Gasteiger partial charge in [-0.25, -0.2) is 4.98 Å². The number of aliphatic hydroxyl groups excluding tert-OH is 1. The number of rotatable bonds is 1. The van der Waals surface area contributed by atoms with E-state index in [-0.39, 0.29) is 0 Å². The van der Waals surface area contributed by atoms with Gasteiger partial charge in [-0.2, -0.15) is 0 Å². The second-order valence-electron chi connectivity index (χ2n) is 4.71. The lowest BCUT2D eigenvalue weighted by atomic mass is 10.1. The third kappa shape index (κ3) is 1.87. The molecule has 3 nitrogen and oxygen atoms in total. The molecule has 3 heteroatoms. The predicted molar refractivity (Wildman–Crippen MR) is 66.6 cm³/mol. The fourth-order valence-corrected chi connectivity index (χ4v) is 2.40. The van der Waals surface area contributed by atoms with E-state index in [1.54, 1.807) is 0 Å². The van der Waals surface area contributed by atoms with Gasteiger partial charge in [0, 0.05) is 18.3 Å². The summed E-state index contributed by atoms with van der Waals surface area (Å²) in [5, 5.41) is 9.89. The highest BCUT2D eigenvalue weighted by molar-refractivity contribution is 5.59. The van der Waals surface area contributed by atoms with Gasteiger partial charge in [0.25, 0.3) is 0 Å². The van der Waals surface area contributed by atoms with Gasteiger partial charge in [-0.3, -0.25) is 0 Å². The third-order valence-electron chi connectivity index (χ3n) is 3.30. The van der Waals surface area contributed by atoms with Crippen molar-refractivity contribution >= 4 is 0 Å². The van der Waals surface area contributed by atoms with E-state index in [0.717, 1.165) is 36.5 Å². The second-order valence-corrected chi connectivity index (χ2v) is 4.71. The molecule has 1 aliphatic heterocycles. The summed E-state index contributed by atoms with van der Waals surface area (Å²) in [4.78, 5) is 4.56. The summed E-state index contributed by atoms with van der Waals surface area (Å²) in [6.07, 6.45) is 3.50. The number of hydrogen-bond donors (Lipinski definition) is 1. The van der Waals surface area contributed by atoms with Gasteiger partial charge in [0.05, 0.1) is 5.69 Å². The third-order valence-corrected chi connectivity index (χ3v) is 3.30. The van der Waals surface area contributed by atoms with Crippen LogP contribution in [0.4, 0.5) is 0 Å². The molecule has 1 aliphatic rings. The molecule has 1 aromatic heterocycles. The van der Waals surface area contributed by atoms with Gasteiger partial charge in [-0.1, -0.05) is 23.8 Å². The van der Waals surface area contributed by atoms with Crippen LogP contribution < -0.4 is 0 Å². The van der Waals surface area contributed by atoms with Crippen LogP contribution in [-0.4, -0.2) is 14.7 Å². The molecule has 0 spiro atoms. The number of nitrogens with zero attached hydrogens (tertiary/aromatic N) is 2. The zero-order valence-electron chi connectivity index (χ0n) is 9.93. The van der Waals surface area contributed by atoms with E-state index in [2.05, 4.69) is 34.7 Å². The van der Waals surface area contributed by atoms with Crippen molar-refractivity contribution in [1.82, 2.24) is 9.55 Å². The van der Waals surface area contributed by atoms with E-state index >= 15 is 0 Å². The molecular formula is C14H16N2O. The summed E-state index contributed by atoms with van der Waals surface area (Å²) in [6.45, 7) is 3.04. The van der Waals surface area contributed by atoms with E-state index in [0.29, 0.717) is 0 Å². The Bertz CT molecular complexity index is 545. The molecule has 0 amide bonds. The Hall–Kier alpha value is -1.61. The highest BCUT2D eigenvalue weighted by Crippen LogP contribution is 2.28. The molecular weight excluding hydrogens is 212 g/mol. The normalized spacial score (nSPS) is 19.1. The van der Waals surface area contributed by atoms with E-state index < -0.39 is 6.10 Å². The van der Waals surface area contributed by atoms with Gasteiger partial charge >= 0.3 is 0 Å². The fourth-order valence-electron chi connectivity index (χ4n) is 2.40. The average Bonchev–Trinajstić information content (AvgIpc) is 2.74. The summed E-state index contributed by atoms with van der Waals surface area (Å²) in [7, 11) is 0. The van der Waals surface area contributed by atoms with Crippen molar-refractivity contribution < 1.29 is 5.11 Å². The Morgan fingerprint density at radius 2 is 2.29 bits per heavy atom. The average molecular weight is 228 g/mol. The van der Waals surface area contributed by atoms with Crippen LogP contribution in [0.5, 0.6) is 0 Å². The molecule has 3 rings (SSSR count).